The molecule has 0 saturated heterocycles. The van der Waals surface area contributed by atoms with Crippen LogP contribution in [0.25, 0.3) is 76.5 Å². The van der Waals surface area contributed by atoms with Crippen LogP contribution in [0, 0.1) is 6.92 Å². The van der Waals surface area contributed by atoms with Gasteiger partial charge in [-0.15, -0.1) is 0 Å². The summed E-state index contributed by atoms with van der Waals surface area (Å²) in [5, 5.41) is 10.2. The molecule has 0 fully saturated rings. The topological polar surface area (TPSA) is 0 Å². The summed E-state index contributed by atoms with van der Waals surface area (Å²) < 4.78 is 0. The number of benzene rings is 8. The van der Waals surface area contributed by atoms with Crippen LogP contribution in [0.4, 0.5) is 0 Å². The number of aryl methyl sites for hydroxylation is 1. The average Bonchev–Trinajstić information content (AvgIpc) is 3.03. The molecule has 41 heavy (non-hydrogen) atoms. The molecule has 0 heterocycles. The molecule has 0 heteroatoms. The molecule has 0 unspecified atom stereocenters. The second kappa shape index (κ2) is 9.47. The molecule has 8 aromatic carbocycles. The van der Waals surface area contributed by atoms with E-state index in [-0.39, 0.29) is 0 Å². The van der Waals surface area contributed by atoms with Gasteiger partial charge in [-0.2, -0.15) is 0 Å². The Morgan fingerprint density at radius 2 is 0.878 bits per heavy atom. The zero-order valence-corrected chi connectivity index (χ0v) is 22.9. The lowest BCUT2D eigenvalue weighted by Crippen LogP contribution is -1.91. The summed E-state index contributed by atoms with van der Waals surface area (Å²) in [6, 6.07) is 55.7. The van der Waals surface area contributed by atoms with Crippen LogP contribution in [0.5, 0.6) is 0 Å². The van der Waals surface area contributed by atoms with Gasteiger partial charge in [0.25, 0.3) is 0 Å². The maximum absolute atomic E-state index is 2.38. The fraction of sp³-hybridized carbons (Fsp3) is 0.0244. The molecule has 0 aliphatic rings. The van der Waals surface area contributed by atoms with E-state index in [1.165, 1.54) is 82.0 Å². The normalized spacial score (nSPS) is 11.5. The van der Waals surface area contributed by atoms with Crippen molar-refractivity contribution in [3.05, 3.63) is 157 Å². The van der Waals surface area contributed by atoms with Crippen molar-refractivity contribution in [1.29, 1.82) is 0 Å². The predicted octanol–water partition coefficient (Wildman–Crippen LogP) is 11.6. The van der Waals surface area contributed by atoms with Crippen molar-refractivity contribution >= 4 is 43.1 Å². The van der Waals surface area contributed by atoms with Gasteiger partial charge in [0, 0.05) is 0 Å². The Morgan fingerprint density at radius 3 is 1.59 bits per heavy atom. The average molecular weight is 521 g/mol. The van der Waals surface area contributed by atoms with Crippen LogP contribution in [0.1, 0.15) is 5.56 Å². The first-order chi connectivity index (χ1) is 20.2. The molecule has 0 atom stereocenters. The van der Waals surface area contributed by atoms with Crippen LogP contribution >= 0.6 is 0 Å². The minimum atomic E-state index is 1.24. The van der Waals surface area contributed by atoms with Gasteiger partial charge in [0.05, 0.1) is 0 Å². The maximum atomic E-state index is 2.38. The highest BCUT2D eigenvalue weighted by molar-refractivity contribution is 6.23. The number of fused-ring (bicyclic) bond motifs is 4. The van der Waals surface area contributed by atoms with E-state index in [1.54, 1.807) is 0 Å². The van der Waals surface area contributed by atoms with E-state index >= 15 is 0 Å². The van der Waals surface area contributed by atoms with Gasteiger partial charge >= 0.3 is 0 Å². The van der Waals surface area contributed by atoms with Crippen molar-refractivity contribution in [2.24, 2.45) is 0 Å². The highest BCUT2D eigenvalue weighted by atomic mass is 14.2. The second-order valence-corrected chi connectivity index (χ2v) is 11.0. The van der Waals surface area contributed by atoms with Gasteiger partial charge in [0.2, 0.25) is 0 Å². The fourth-order valence-electron chi connectivity index (χ4n) is 6.55. The summed E-state index contributed by atoms with van der Waals surface area (Å²) in [5.41, 5.74) is 8.89. The first-order valence-corrected chi connectivity index (χ1v) is 14.3. The quantitative estimate of drug-likeness (QED) is 0.203. The minimum Gasteiger partial charge on any atom is -0.0622 e. The van der Waals surface area contributed by atoms with E-state index in [0.29, 0.717) is 0 Å². The summed E-state index contributed by atoms with van der Waals surface area (Å²) >= 11 is 0. The molecule has 0 bridgehead atoms. The Morgan fingerprint density at radius 1 is 0.317 bits per heavy atom. The lowest BCUT2D eigenvalue weighted by atomic mass is 9.84. The minimum absolute atomic E-state index is 1.24. The van der Waals surface area contributed by atoms with Crippen molar-refractivity contribution < 1.29 is 0 Å². The molecular formula is C41H28. The van der Waals surface area contributed by atoms with E-state index in [1.807, 2.05) is 0 Å². The van der Waals surface area contributed by atoms with E-state index in [2.05, 4.69) is 159 Å². The summed E-state index contributed by atoms with van der Waals surface area (Å²) in [6.07, 6.45) is 0. The van der Waals surface area contributed by atoms with Crippen LogP contribution in [-0.2, 0) is 0 Å². The number of rotatable bonds is 3. The Hall–Kier alpha value is -5.20. The fourth-order valence-corrected chi connectivity index (χ4v) is 6.55. The third-order valence-electron chi connectivity index (χ3n) is 8.47. The molecule has 8 aromatic rings. The molecule has 0 nitrogen and oxygen atoms in total. The molecule has 0 saturated carbocycles. The van der Waals surface area contributed by atoms with Gasteiger partial charge < -0.3 is 0 Å². The standard InChI is InChI=1S/C41H28/c1-27-18-19-31-25-32(23-22-30(31)24-27)33-21-20-28-12-9-17-38(39(28)26-33)41-36-15-7-5-13-34(36)40(29-10-3-2-4-11-29)35-14-6-8-16-37(35)41/h2-26H,1H3. The van der Waals surface area contributed by atoms with Crippen molar-refractivity contribution in [3.8, 4) is 33.4 Å². The second-order valence-electron chi connectivity index (χ2n) is 11.0. The van der Waals surface area contributed by atoms with Gasteiger partial charge in [-0.1, -0.05) is 145 Å². The third-order valence-corrected chi connectivity index (χ3v) is 8.47. The van der Waals surface area contributed by atoms with Crippen LogP contribution in [0.3, 0.4) is 0 Å². The Balaban J connectivity index is 1.42. The largest absolute Gasteiger partial charge is 0.0622 e. The van der Waals surface area contributed by atoms with Crippen molar-refractivity contribution in [2.45, 2.75) is 6.92 Å². The van der Waals surface area contributed by atoms with E-state index in [0.717, 1.165) is 0 Å². The Bertz CT molecular complexity index is 2200. The summed E-state index contributed by atoms with van der Waals surface area (Å²) in [4.78, 5) is 0. The molecule has 0 aliphatic heterocycles. The predicted molar refractivity (Wildman–Crippen MR) is 178 cm³/mol. The third kappa shape index (κ3) is 3.91. The molecule has 0 N–H and O–H groups in total. The monoisotopic (exact) mass is 520 g/mol. The van der Waals surface area contributed by atoms with Crippen molar-refractivity contribution in [3.63, 3.8) is 0 Å². The molecule has 0 spiro atoms. The van der Waals surface area contributed by atoms with Gasteiger partial charge in [0.15, 0.2) is 0 Å². The molecule has 0 radical (unpaired) electrons. The van der Waals surface area contributed by atoms with Gasteiger partial charge in [-0.25, -0.2) is 0 Å². The smallest absolute Gasteiger partial charge is 0.00201 e. The molecule has 0 aliphatic carbocycles. The van der Waals surface area contributed by atoms with E-state index < -0.39 is 0 Å². The van der Waals surface area contributed by atoms with Gasteiger partial charge in [-0.05, 0) is 95.5 Å². The van der Waals surface area contributed by atoms with Crippen LogP contribution < -0.4 is 0 Å². The molecular weight excluding hydrogens is 492 g/mol. The lowest BCUT2D eigenvalue weighted by molar-refractivity contribution is 1.50. The Labute approximate surface area is 240 Å². The van der Waals surface area contributed by atoms with Gasteiger partial charge in [0.1, 0.15) is 0 Å². The van der Waals surface area contributed by atoms with Crippen molar-refractivity contribution in [2.75, 3.05) is 0 Å². The first-order valence-electron chi connectivity index (χ1n) is 14.3. The number of hydrogen-bond donors (Lipinski definition) is 0. The Kier molecular flexibility index (Phi) is 5.47. The van der Waals surface area contributed by atoms with Crippen LogP contribution in [-0.4, -0.2) is 0 Å². The van der Waals surface area contributed by atoms with Crippen molar-refractivity contribution in [1.82, 2.24) is 0 Å². The van der Waals surface area contributed by atoms with Gasteiger partial charge in [-0.3, -0.25) is 0 Å². The summed E-state index contributed by atoms with van der Waals surface area (Å²) in [6.45, 7) is 2.15. The zero-order valence-electron chi connectivity index (χ0n) is 22.9. The SMILES string of the molecule is Cc1ccc2cc(-c3ccc4cccc(-c5c6ccccc6c(-c6ccccc6)c6ccccc56)c4c3)ccc2c1. The summed E-state index contributed by atoms with van der Waals surface area (Å²) in [5.74, 6) is 0. The van der Waals surface area contributed by atoms with E-state index in [9.17, 15) is 0 Å². The van der Waals surface area contributed by atoms with Crippen LogP contribution in [0.2, 0.25) is 0 Å². The van der Waals surface area contributed by atoms with Crippen LogP contribution in [0.15, 0.2) is 152 Å². The first kappa shape index (κ1) is 23.7. The lowest BCUT2D eigenvalue weighted by Gasteiger charge is -2.19. The summed E-state index contributed by atoms with van der Waals surface area (Å²) in [7, 11) is 0. The highest BCUT2D eigenvalue weighted by Crippen LogP contribution is 2.45. The van der Waals surface area contributed by atoms with E-state index in [4.69, 9.17) is 0 Å². The highest BCUT2D eigenvalue weighted by Gasteiger charge is 2.18. The molecule has 0 amide bonds. The zero-order chi connectivity index (χ0) is 27.3. The number of hydrogen-bond acceptors (Lipinski definition) is 0. The molecule has 8 rings (SSSR count). The maximum Gasteiger partial charge on any atom is -0.00201 e. The molecule has 192 valence electrons. The molecule has 0 aromatic heterocycles.